The monoisotopic (exact) mass is 247 g/mol. The number of hydrogen-bond acceptors (Lipinski definition) is 2. The SMILES string of the molecule is CCOc1ccc(C(CCl)NC)cc1Cl. The third kappa shape index (κ3) is 3.26. The van der Waals surface area contributed by atoms with Gasteiger partial charge in [-0.1, -0.05) is 17.7 Å². The quantitative estimate of drug-likeness (QED) is 0.807. The molecule has 0 aliphatic heterocycles. The van der Waals surface area contributed by atoms with Crippen LogP contribution in [0.4, 0.5) is 0 Å². The summed E-state index contributed by atoms with van der Waals surface area (Å²) in [4.78, 5) is 0. The number of hydrogen-bond donors (Lipinski definition) is 1. The van der Waals surface area contributed by atoms with Crippen molar-refractivity contribution in [2.24, 2.45) is 0 Å². The third-order valence-electron chi connectivity index (χ3n) is 2.16. The molecule has 1 rings (SSSR count). The van der Waals surface area contributed by atoms with Gasteiger partial charge < -0.3 is 10.1 Å². The molecule has 0 aromatic heterocycles. The average Bonchev–Trinajstić information content (AvgIpc) is 2.24. The smallest absolute Gasteiger partial charge is 0.137 e. The van der Waals surface area contributed by atoms with Gasteiger partial charge in [0.15, 0.2) is 0 Å². The summed E-state index contributed by atoms with van der Waals surface area (Å²) >= 11 is 11.9. The van der Waals surface area contributed by atoms with E-state index in [4.69, 9.17) is 27.9 Å². The van der Waals surface area contributed by atoms with E-state index in [9.17, 15) is 0 Å². The van der Waals surface area contributed by atoms with Gasteiger partial charge in [-0.3, -0.25) is 0 Å². The summed E-state index contributed by atoms with van der Waals surface area (Å²) in [6.07, 6.45) is 0. The van der Waals surface area contributed by atoms with Gasteiger partial charge in [-0.2, -0.15) is 0 Å². The zero-order valence-electron chi connectivity index (χ0n) is 8.89. The first kappa shape index (κ1) is 12.6. The molecule has 4 heteroatoms. The van der Waals surface area contributed by atoms with Crippen LogP contribution in [0.25, 0.3) is 0 Å². The molecule has 0 aliphatic carbocycles. The molecule has 0 fully saturated rings. The van der Waals surface area contributed by atoms with Crippen LogP contribution < -0.4 is 10.1 Å². The molecule has 0 heterocycles. The molecule has 0 radical (unpaired) electrons. The molecule has 1 aromatic carbocycles. The maximum absolute atomic E-state index is 6.07. The summed E-state index contributed by atoms with van der Waals surface area (Å²) in [5, 5.41) is 3.74. The van der Waals surface area contributed by atoms with Crippen LogP contribution in [0.1, 0.15) is 18.5 Å². The zero-order chi connectivity index (χ0) is 11.3. The van der Waals surface area contributed by atoms with E-state index >= 15 is 0 Å². The highest BCUT2D eigenvalue weighted by Gasteiger charge is 2.10. The zero-order valence-corrected chi connectivity index (χ0v) is 10.4. The second-order valence-electron chi connectivity index (χ2n) is 3.12. The molecule has 84 valence electrons. The van der Waals surface area contributed by atoms with Crippen molar-refractivity contribution in [3.05, 3.63) is 28.8 Å². The fraction of sp³-hybridized carbons (Fsp3) is 0.455. The number of halogens is 2. The maximum atomic E-state index is 6.07. The molecular weight excluding hydrogens is 233 g/mol. The second kappa shape index (κ2) is 6.21. The van der Waals surface area contributed by atoms with Gasteiger partial charge in [-0.25, -0.2) is 0 Å². The number of nitrogens with one attached hydrogen (secondary N) is 1. The van der Waals surface area contributed by atoms with Crippen LogP contribution in [0, 0.1) is 0 Å². The van der Waals surface area contributed by atoms with Crippen LogP contribution in [0.15, 0.2) is 18.2 Å². The maximum Gasteiger partial charge on any atom is 0.137 e. The van der Waals surface area contributed by atoms with Crippen molar-refractivity contribution in [1.82, 2.24) is 5.32 Å². The molecule has 1 atom stereocenters. The van der Waals surface area contributed by atoms with Crippen molar-refractivity contribution in [3.8, 4) is 5.75 Å². The van der Waals surface area contributed by atoms with Gasteiger partial charge in [-0.05, 0) is 31.7 Å². The van der Waals surface area contributed by atoms with E-state index in [1.54, 1.807) is 0 Å². The van der Waals surface area contributed by atoms with E-state index in [2.05, 4.69) is 5.32 Å². The van der Waals surface area contributed by atoms with Gasteiger partial charge in [-0.15, -0.1) is 11.6 Å². The highest BCUT2D eigenvalue weighted by Crippen LogP contribution is 2.28. The van der Waals surface area contributed by atoms with Crippen molar-refractivity contribution in [2.45, 2.75) is 13.0 Å². The predicted molar refractivity (Wildman–Crippen MR) is 65.1 cm³/mol. The van der Waals surface area contributed by atoms with Crippen LogP contribution in [0.5, 0.6) is 5.75 Å². The van der Waals surface area contributed by atoms with E-state index in [-0.39, 0.29) is 6.04 Å². The van der Waals surface area contributed by atoms with E-state index in [1.165, 1.54) is 0 Å². The van der Waals surface area contributed by atoms with Gasteiger partial charge >= 0.3 is 0 Å². The van der Waals surface area contributed by atoms with E-state index in [1.807, 2.05) is 32.2 Å². The van der Waals surface area contributed by atoms with Gasteiger partial charge in [0, 0.05) is 11.9 Å². The Bertz CT molecular complexity index is 313. The number of rotatable bonds is 5. The normalized spacial score (nSPS) is 12.5. The lowest BCUT2D eigenvalue weighted by Crippen LogP contribution is -2.17. The molecule has 0 bridgehead atoms. The van der Waals surface area contributed by atoms with E-state index in [0.29, 0.717) is 23.3 Å². The van der Waals surface area contributed by atoms with Crippen molar-refractivity contribution < 1.29 is 4.74 Å². The molecule has 0 spiro atoms. The molecule has 1 unspecified atom stereocenters. The summed E-state index contributed by atoms with van der Waals surface area (Å²) in [6, 6.07) is 5.86. The predicted octanol–water partition coefficient (Wildman–Crippen LogP) is 3.24. The van der Waals surface area contributed by atoms with Crippen LogP contribution in [0.2, 0.25) is 5.02 Å². The lowest BCUT2D eigenvalue weighted by Gasteiger charge is -2.14. The molecule has 0 aliphatic rings. The van der Waals surface area contributed by atoms with Gasteiger partial charge in [0.2, 0.25) is 0 Å². The third-order valence-corrected chi connectivity index (χ3v) is 2.76. The Hall–Kier alpha value is -0.440. The number of alkyl halides is 1. The van der Waals surface area contributed by atoms with Gasteiger partial charge in [0.25, 0.3) is 0 Å². The van der Waals surface area contributed by atoms with Gasteiger partial charge in [0.1, 0.15) is 5.75 Å². The Labute approximate surface area is 101 Å². The Morgan fingerprint density at radius 2 is 2.20 bits per heavy atom. The summed E-state index contributed by atoms with van der Waals surface area (Å²) in [5.41, 5.74) is 1.07. The summed E-state index contributed by atoms with van der Waals surface area (Å²) in [7, 11) is 1.87. The summed E-state index contributed by atoms with van der Waals surface area (Å²) in [5.74, 6) is 1.23. The van der Waals surface area contributed by atoms with E-state index in [0.717, 1.165) is 5.56 Å². The Balaban J connectivity index is 2.89. The fourth-order valence-corrected chi connectivity index (χ4v) is 1.92. The summed E-state index contributed by atoms with van der Waals surface area (Å²) in [6.45, 7) is 2.55. The van der Waals surface area contributed by atoms with Crippen molar-refractivity contribution >= 4 is 23.2 Å². The first-order chi connectivity index (χ1) is 7.22. The highest BCUT2D eigenvalue weighted by molar-refractivity contribution is 6.32. The standard InChI is InChI=1S/C11H15Cl2NO/c1-3-15-11-5-4-8(6-9(11)13)10(7-12)14-2/h4-6,10,14H,3,7H2,1-2H3. The molecule has 2 nitrogen and oxygen atoms in total. The summed E-state index contributed by atoms with van der Waals surface area (Å²) < 4.78 is 5.35. The van der Waals surface area contributed by atoms with Crippen molar-refractivity contribution in [1.29, 1.82) is 0 Å². The molecule has 15 heavy (non-hydrogen) atoms. The largest absolute Gasteiger partial charge is 0.492 e. The number of ether oxygens (including phenoxy) is 1. The molecule has 0 amide bonds. The molecule has 1 aromatic rings. The lowest BCUT2D eigenvalue weighted by molar-refractivity contribution is 0.340. The van der Waals surface area contributed by atoms with Crippen LogP contribution >= 0.6 is 23.2 Å². The van der Waals surface area contributed by atoms with Crippen LogP contribution in [0.3, 0.4) is 0 Å². The molecule has 0 saturated heterocycles. The second-order valence-corrected chi connectivity index (χ2v) is 3.83. The van der Waals surface area contributed by atoms with Crippen LogP contribution in [-0.2, 0) is 0 Å². The van der Waals surface area contributed by atoms with Crippen molar-refractivity contribution in [3.63, 3.8) is 0 Å². The van der Waals surface area contributed by atoms with Crippen LogP contribution in [-0.4, -0.2) is 19.5 Å². The Kier molecular flexibility index (Phi) is 5.23. The minimum absolute atomic E-state index is 0.125. The lowest BCUT2D eigenvalue weighted by atomic mass is 10.1. The molecule has 1 N–H and O–H groups in total. The van der Waals surface area contributed by atoms with Crippen molar-refractivity contribution in [2.75, 3.05) is 19.5 Å². The minimum Gasteiger partial charge on any atom is -0.492 e. The Morgan fingerprint density at radius 1 is 1.47 bits per heavy atom. The van der Waals surface area contributed by atoms with E-state index < -0.39 is 0 Å². The average molecular weight is 248 g/mol. The Morgan fingerprint density at radius 3 is 2.67 bits per heavy atom. The minimum atomic E-state index is 0.125. The topological polar surface area (TPSA) is 21.3 Å². The number of benzene rings is 1. The first-order valence-corrected chi connectivity index (χ1v) is 5.79. The fourth-order valence-electron chi connectivity index (χ4n) is 1.34. The highest BCUT2D eigenvalue weighted by atomic mass is 35.5. The first-order valence-electron chi connectivity index (χ1n) is 4.88. The molecular formula is C11H15Cl2NO. The molecule has 0 saturated carbocycles. The van der Waals surface area contributed by atoms with Gasteiger partial charge in [0.05, 0.1) is 11.6 Å².